The van der Waals surface area contributed by atoms with Crippen LogP contribution in [0.4, 0.5) is 0 Å². The van der Waals surface area contributed by atoms with Gasteiger partial charge in [0.2, 0.25) is 0 Å². The van der Waals surface area contributed by atoms with Crippen LogP contribution in [-0.2, 0) is 0 Å². The highest BCUT2D eigenvalue weighted by Gasteiger charge is 2.19. The van der Waals surface area contributed by atoms with Crippen LogP contribution in [0.15, 0.2) is 74.7 Å². The first-order chi connectivity index (χ1) is 11.8. The molecule has 0 amide bonds. The first-order valence-electron chi connectivity index (χ1n) is 7.54. The lowest BCUT2D eigenvalue weighted by Gasteiger charge is -2.08. The Morgan fingerprint density at radius 2 is 1.58 bits per heavy atom. The van der Waals surface area contributed by atoms with Gasteiger partial charge in [-0.15, -0.1) is 0 Å². The zero-order valence-electron chi connectivity index (χ0n) is 12.4. The van der Waals surface area contributed by atoms with Crippen LogP contribution in [0.1, 0.15) is 0 Å². The van der Waals surface area contributed by atoms with Gasteiger partial charge in [0.05, 0.1) is 11.6 Å². The number of phenolic OH excluding ortho intramolecular Hbond substituents is 1. The lowest BCUT2D eigenvalue weighted by molar-refractivity contribution is 0.488. The summed E-state index contributed by atoms with van der Waals surface area (Å²) in [4.78, 5) is 13.0. The van der Waals surface area contributed by atoms with Gasteiger partial charge < -0.3 is 9.52 Å². The lowest BCUT2D eigenvalue weighted by Crippen LogP contribution is -2.03. The van der Waals surface area contributed by atoms with Crippen molar-refractivity contribution in [3.8, 4) is 5.75 Å². The number of hydrogen-bond acceptors (Lipinski definition) is 3. The summed E-state index contributed by atoms with van der Waals surface area (Å²) >= 11 is 0. The van der Waals surface area contributed by atoms with E-state index in [2.05, 4.69) is 0 Å². The summed E-state index contributed by atoms with van der Waals surface area (Å²) < 4.78 is 11.0. The van der Waals surface area contributed by atoms with Crippen molar-refractivity contribution in [2.75, 3.05) is 0 Å². The highest BCUT2D eigenvalue weighted by Crippen LogP contribution is 2.39. The normalized spacial score (nSPS) is 11.7. The minimum atomic E-state index is -0.116. The maximum absolute atomic E-state index is 13.0. The summed E-state index contributed by atoms with van der Waals surface area (Å²) in [7, 11) is 0. The molecule has 0 aliphatic rings. The molecule has 0 spiro atoms. The number of aromatic hydroxyl groups is 1. The van der Waals surface area contributed by atoms with Gasteiger partial charge in [-0.1, -0.05) is 0 Å². The maximum atomic E-state index is 13.0. The van der Waals surface area contributed by atoms with E-state index in [1.165, 1.54) is 0 Å². The van der Waals surface area contributed by atoms with E-state index in [1.807, 2.05) is 12.1 Å². The molecule has 5 rings (SSSR count). The highest BCUT2D eigenvalue weighted by atomic mass is 16.3. The Kier molecular flexibility index (Phi) is 2.48. The fourth-order valence-corrected chi connectivity index (χ4v) is 3.39. The molecule has 0 saturated heterocycles. The third-order valence-corrected chi connectivity index (χ3v) is 4.45. The molecule has 2 aromatic heterocycles. The Morgan fingerprint density at radius 3 is 2.46 bits per heavy atom. The molecule has 0 unspecified atom stereocenters. The van der Waals surface area contributed by atoms with E-state index in [0.717, 1.165) is 0 Å². The maximum Gasteiger partial charge on any atom is 0.360 e. The van der Waals surface area contributed by atoms with E-state index in [-0.39, 0.29) is 11.2 Å². The summed E-state index contributed by atoms with van der Waals surface area (Å²) in [6.45, 7) is 0. The average molecular weight is 315 g/mol. The summed E-state index contributed by atoms with van der Waals surface area (Å²) in [5.41, 5.74) is 1.11. The van der Waals surface area contributed by atoms with Crippen LogP contribution < -0.4 is 5.43 Å². The molecule has 0 saturated carbocycles. The van der Waals surface area contributed by atoms with E-state index in [1.54, 1.807) is 48.9 Å². The van der Waals surface area contributed by atoms with Crippen LogP contribution in [0.5, 0.6) is 5.75 Å². The van der Waals surface area contributed by atoms with E-state index in [4.69, 9.17) is 8.83 Å². The van der Waals surface area contributed by atoms with Crippen molar-refractivity contribution in [2.45, 2.75) is 0 Å². The van der Waals surface area contributed by atoms with Crippen LogP contribution in [-0.4, -0.2) is 5.11 Å². The van der Waals surface area contributed by atoms with Crippen LogP contribution in [0.2, 0.25) is 0 Å². The molecule has 0 aliphatic heterocycles. The summed E-state index contributed by atoms with van der Waals surface area (Å²) in [6, 6.07) is 14.1. The fraction of sp³-hybridized carbons (Fsp3) is 0. The molecule has 0 radical (unpaired) electrons. The molecule has 0 fully saturated rings. The Morgan fingerprint density at radius 1 is 0.833 bits per heavy atom. The van der Waals surface area contributed by atoms with Crippen LogP contribution >= 0.6 is 0 Å². The van der Waals surface area contributed by atoms with Crippen molar-refractivity contribution >= 4 is 43.5 Å². The number of rotatable bonds is 0. The summed E-state index contributed by atoms with van der Waals surface area (Å²) in [5.74, 6) is 0.0681. The van der Waals surface area contributed by atoms with Crippen molar-refractivity contribution in [1.29, 1.82) is 0 Å². The molecule has 0 atom stereocenters. The molecule has 5 aromatic rings. The molecule has 4 nitrogen and oxygen atoms in total. The zero-order valence-corrected chi connectivity index (χ0v) is 12.4. The fourth-order valence-electron chi connectivity index (χ4n) is 3.39. The van der Waals surface area contributed by atoms with Crippen molar-refractivity contribution < 1.29 is 13.9 Å². The molecule has 1 N–H and O–H groups in total. The van der Waals surface area contributed by atoms with Gasteiger partial charge in [0.1, 0.15) is 11.3 Å². The average Bonchev–Trinajstić information content (AvgIpc) is 2.64. The molecular weight excluding hydrogens is 304 g/mol. The van der Waals surface area contributed by atoms with Gasteiger partial charge in [-0.25, -0.2) is 4.42 Å². The Balaban J connectivity index is 2.18. The number of phenols is 1. The molecule has 3 aromatic carbocycles. The van der Waals surface area contributed by atoms with Gasteiger partial charge in [-0.2, -0.15) is 0 Å². The van der Waals surface area contributed by atoms with Crippen molar-refractivity contribution in [3.05, 3.63) is 71.3 Å². The van der Waals surface area contributed by atoms with Crippen LogP contribution in [0, 0.1) is 0 Å². The van der Waals surface area contributed by atoms with Crippen molar-refractivity contribution in [1.82, 2.24) is 0 Å². The van der Waals surface area contributed by atoms with Gasteiger partial charge >= 0.3 is 11.8 Å². The predicted octanol–water partition coefficient (Wildman–Crippen LogP) is 4.83. The van der Waals surface area contributed by atoms with Gasteiger partial charge in [0.25, 0.3) is 0 Å². The van der Waals surface area contributed by atoms with E-state index < -0.39 is 0 Å². The Labute approximate surface area is 135 Å². The van der Waals surface area contributed by atoms with Gasteiger partial charge in [0, 0.05) is 39.1 Å². The number of hydrogen-bond donors (Lipinski definition) is 1. The van der Waals surface area contributed by atoms with Crippen LogP contribution in [0.25, 0.3) is 43.5 Å². The topological polar surface area (TPSA) is 61.7 Å². The van der Waals surface area contributed by atoms with Crippen molar-refractivity contribution in [3.63, 3.8) is 0 Å². The third kappa shape index (κ3) is 1.57. The summed E-state index contributed by atoms with van der Waals surface area (Å²) in [5, 5.41) is 14.4. The van der Waals surface area contributed by atoms with Gasteiger partial charge in [-0.3, -0.25) is 4.79 Å². The Hall–Kier alpha value is -3.40. The highest BCUT2D eigenvalue weighted by molar-refractivity contribution is 6.20. The van der Waals surface area contributed by atoms with Gasteiger partial charge in [-0.05, 0) is 36.4 Å². The second kappa shape index (κ2) is 4.55. The zero-order chi connectivity index (χ0) is 16.3. The van der Waals surface area contributed by atoms with E-state index in [9.17, 15) is 9.90 Å². The monoisotopic (exact) mass is 315 g/mol. The Bertz CT molecular complexity index is 1230. The minimum absolute atomic E-state index is 0.0681. The molecular formula is C20H11O4+. The van der Waals surface area contributed by atoms with Gasteiger partial charge in [0.15, 0.2) is 5.43 Å². The smallest absolute Gasteiger partial charge is 0.360 e. The largest absolute Gasteiger partial charge is 0.507 e. The minimum Gasteiger partial charge on any atom is -0.507 e. The first-order valence-corrected chi connectivity index (χ1v) is 7.54. The predicted molar refractivity (Wildman–Crippen MR) is 93.3 cm³/mol. The SMILES string of the molecule is O=c1c2ccc3occcc3c2c(O)c2c1ccc1[o+]cccc12. The second-order valence-electron chi connectivity index (χ2n) is 5.70. The van der Waals surface area contributed by atoms with E-state index in [0.29, 0.717) is 43.5 Å². The standard InChI is InChI=1S/C20H10O4/c21-19-13-5-7-15-11(3-1-9-23-15)17(13)20(22)18-12-4-2-10-24-16(12)8-6-14(18)19/h1-10H/p+1. The second-order valence-corrected chi connectivity index (χ2v) is 5.70. The molecule has 0 bridgehead atoms. The summed E-state index contributed by atoms with van der Waals surface area (Å²) in [6.07, 6.45) is 3.14. The van der Waals surface area contributed by atoms with Crippen LogP contribution in [0.3, 0.4) is 0 Å². The molecule has 24 heavy (non-hydrogen) atoms. The van der Waals surface area contributed by atoms with E-state index >= 15 is 0 Å². The first kappa shape index (κ1) is 13.1. The third-order valence-electron chi connectivity index (χ3n) is 4.45. The van der Waals surface area contributed by atoms with Crippen molar-refractivity contribution in [2.24, 2.45) is 0 Å². The molecule has 2 heterocycles. The molecule has 4 heteroatoms. The number of fused-ring (bicyclic) bond motifs is 6. The molecule has 0 aliphatic carbocycles. The number of benzene rings is 3. The molecule has 114 valence electrons. The quantitative estimate of drug-likeness (QED) is 0.252. The lowest BCUT2D eigenvalue weighted by atomic mass is 9.96.